The molecule has 0 N–H and O–H groups in total. The first kappa shape index (κ1) is 67.3. The van der Waals surface area contributed by atoms with Crippen LogP contribution in [0.1, 0.15) is 278 Å². The minimum atomic E-state index is -0.814. The summed E-state index contributed by atoms with van der Waals surface area (Å²) in [6.07, 6.45) is 78.4. The predicted octanol–water partition coefficient (Wildman–Crippen LogP) is 20.1. The summed E-state index contributed by atoms with van der Waals surface area (Å²) in [6.45, 7) is 6.44. The Balaban J connectivity index is 4.49. The van der Waals surface area contributed by atoms with E-state index in [-0.39, 0.29) is 37.5 Å². The van der Waals surface area contributed by atoms with E-state index in [4.69, 9.17) is 14.2 Å². The van der Waals surface area contributed by atoms with Gasteiger partial charge in [0, 0.05) is 19.3 Å². The largest absolute Gasteiger partial charge is 0.462 e. The molecule has 0 aliphatic heterocycles. The Morgan fingerprint density at radius 3 is 0.972 bits per heavy atom. The second-order valence-electron chi connectivity index (χ2n) is 19.5. The smallest absolute Gasteiger partial charge is 0.306 e. The van der Waals surface area contributed by atoms with Crippen LogP contribution in [-0.2, 0) is 28.6 Å². The van der Waals surface area contributed by atoms with Crippen LogP contribution in [0.2, 0.25) is 0 Å². The van der Waals surface area contributed by atoms with Crippen molar-refractivity contribution in [3.8, 4) is 0 Å². The zero-order valence-electron chi connectivity index (χ0n) is 46.5. The highest BCUT2D eigenvalue weighted by Crippen LogP contribution is 2.16. The first-order valence-electron chi connectivity index (χ1n) is 29.7. The number of ether oxygens (including phenoxy) is 3. The third-order valence-electron chi connectivity index (χ3n) is 12.6. The van der Waals surface area contributed by atoms with E-state index < -0.39 is 6.10 Å². The summed E-state index contributed by atoms with van der Waals surface area (Å²) >= 11 is 0. The highest BCUT2D eigenvalue weighted by atomic mass is 16.6. The maximum Gasteiger partial charge on any atom is 0.306 e. The molecule has 0 saturated heterocycles. The fourth-order valence-corrected chi connectivity index (χ4v) is 8.15. The molecule has 0 unspecified atom stereocenters. The van der Waals surface area contributed by atoms with E-state index in [0.717, 1.165) is 103 Å². The molecule has 0 aromatic rings. The summed E-state index contributed by atoms with van der Waals surface area (Å²) in [6, 6.07) is 0. The molecule has 0 aliphatic carbocycles. The molecular formula is C65H110O6. The lowest BCUT2D eigenvalue weighted by molar-refractivity contribution is -0.166. The van der Waals surface area contributed by atoms with Gasteiger partial charge in [-0.05, 0) is 89.9 Å². The normalized spacial score (nSPS) is 12.8. The van der Waals surface area contributed by atoms with Crippen LogP contribution >= 0.6 is 0 Å². The Morgan fingerprint density at radius 2 is 0.577 bits per heavy atom. The van der Waals surface area contributed by atoms with Gasteiger partial charge in [0.2, 0.25) is 0 Å². The van der Waals surface area contributed by atoms with E-state index in [1.165, 1.54) is 128 Å². The van der Waals surface area contributed by atoms with Crippen molar-refractivity contribution in [3.05, 3.63) is 97.2 Å². The van der Waals surface area contributed by atoms with Crippen LogP contribution in [0, 0.1) is 0 Å². The number of hydrogen-bond donors (Lipinski definition) is 0. The molecule has 0 fully saturated rings. The van der Waals surface area contributed by atoms with Crippen LogP contribution in [0.4, 0.5) is 0 Å². The molecule has 0 amide bonds. The number of unbranched alkanes of at least 4 members (excludes halogenated alkanes) is 26. The van der Waals surface area contributed by atoms with Crippen molar-refractivity contribution in [2.24, 2.45) is 0 Å². The van der Waals surface area contributed by atoms with Gasteiger partial charge in [0.25, 0.3) is 0 Å². The highest BCUT2D eigenvalue weighted by Gasteiger charge is 2.19. The van der Waals surface area contributed by atoms with Crippen molar-refractivity contribution in [1.82, 2.24) is 0 Å². The molecule has 0 spiro atoms. The lowest BCUT2D eigenvalue weighted by atomic mass is 10.0. The van der Waals surface area contributed by atoms with Crippen molar-refractivity contribution < 1.29 is 28.6 Å². The third-order valence-corrected chi connectivity index (χ3v) is 12.6. The molecule has 0 rings (SSSR count). The molecule has 6 nitrogen and oxygen atoms in total. The maximum absolute atomic E-state index is 12.9. The fourth-order valence-electron chi connectivity index (χ4n) is 8.15. The molecular weight excluding hydrogens is 877 g/mol. The summed E-state index contributed by atoms with van der Waals surface area (Å²) in [5.74, 6) is -0.999. The molecule has 0 radical (unpaired) electrons. The number of allylic oxidation sites excluding steroid dienone is 16. The summed E-state index contributed by atoms with van der Waals surface area (Å²) in [5, 5.41) is 0. The SMILES string of the molecule is CC/C=C/C/C=C/C/C=C/C/C=C/C/C=C/C/C=C/CCC(=O)OC[C@@H](COC(=O)CCCCCCC/C=C/C/C=C/CCCCC)OC(=O)CCCCCCCCCCCCCCCCCCCCC. The topological polar surface area (TPSA) is 78.9 Å². The van der Waals surface area contributed by atoms with Crippen LogP contribution in [0.15, 0.2) is 97.2 Å². The summed E-state index contributed by atoms with van der Waals surface area (Å²) in [5.41, 5.74) is 0. The Morgan fingerprint density at radius 1 is 0.296 bits per heavy atom. The molecule has 71 heavy (non-hydrogen) atoms. The zero-order valence-corrected chi connectivity index (χ0v) is 46.5. The molecule has 0 aliphatic rings. The number of carbonyl (C=O) groups excluding carboxylic acids is 3. The van der Waals surface area contributed by atoms with E-state index >= 15 is 0 Å². The molecule has 0 aromatic heterocycles. The Labute approximate surface area is 438 Å². The van der Waals surface area contributed by atoms with Crippen molar-refractivity contribution >= 4 is 17.9 Å². The van der Waals surface area contributed by atoms with Gasteiger partial charge in [-0.25, -0.2) is 0 Å². The second-order valence-corrected chi connectivity index (χ2v) is 19.5. The minimum Gasteiger partial charge on any atom is -0.462 e. The highest BCUT2D eigenvalue weighted by molar-refractivity contribution is 5.71. The zero-order chi connectivity index (χ0) is 51.4. The number of hydrogen-bond acceptors (Lipinski definition) is 6. The molecule has 0 bridgehead atoms. The molecule has 6 heteroatoms. The Hall–Kier alpha value is -3.67. The standard InChI is InChI=1S/C65H110O6/c1-4-7-10-13-16-19-22-25-28-30-32-34-37-40-43-46-49-52-55-58-64(67)70-61-62(60-69-63(66)57-54-51-48-45-42-39-36-27-24-21-18-15-12-9-6-3)71-65(68)59-56-53-50-47-44-41-38-35-33-31-29-26-23-20-17-14-11-8-5-2/h7,10,16,18-19,21,25,27-28,32,34,36,40,43,49,52,62H,4-6,8-9,11-15,17,20,22-24,26,29-31,33,35,37-39,41-42,44-48,50-51,53-61H2,1-3H3/b10-7+,19-16+,21-18+,28-25+,34-32+,36-27+,43-40+,52-49+/t62-/m1/s1. The van der Waals surface area contributed by atoms with Gasteiger partial charge in [0.05, 0.1) is 0 Å². The van der Waals surface area contributed by atoms with Gasteiger partial charge >= 0.3 is 17.9 Å². The Bertz CT molecular complexity index is 1410. The van der Waals surface area contributed by atoms with Crippen LogP contribution in [0.3, 0.4) is 0 Å². The van der Waals surface area contributed by atoms with Gasteiger partial charge in [0.15, 0.2) is 6.10 Å². The second kappa shape index (κ2) is 58.9. The average Bonchev–Trinajstić information content (AvgIpc) is 3.37. The van der Waals surface area contributed by atoms with E-state index in [9.17, 15) is 14.4 Å². The van der Waals surface area contributed by atoms with Crippen molar-refractivity contribution in [3.63, 3.8) is 0 Å². The summed E-state index contributed by atoms with van der Waals surface area (Å²) < 4.78 is 16.8. The van der Waals surface area contributed by atoms with Gasteiger partial charge < -0.3 is 14.2 Å². The number of rotatable bonds is 53. The van der Waals surface area contributed by atoms with Gasteiger partial charge in [-0.1, -0.05) is 266 Å². The van der Waals surface area contributed by atoms with Crippen LogP contribution in [-0.4, -0.2) is 37.2 Å². The quantitative estimate of drug-likeness (QED) is 0.0261. The number of carbonyl (C=O) groups is 3. The van der Waals surface area contributed by atoms with Gasteiger partial charge in [-0.2, -0.15) is 0 Å². The predicted molar refractivity (Wildman–Crippen MR) is 307 cm³/mol. The lowest BCUT2D eigenvalue weighted by Crippen LogP contribution is -2.30. The van der Waals surface area contributed by atoms with Crippen LogP contribution in [0.5, 0.6) is 0 Å². The van der Waals surface area contributed by atoms with Crippen molar-refractivity contribution in [2.75, 3.05) is 13.2 Å². The van der Waals surface area contributed by atoms with E-state index in [1.807, 2.05) is 6.08 Å². The fraction of sp³-hybridized carbons (Fsp3) is 0.708. The maximum atomic E-state index is 12.9. The summed E-state index contributed by atoms with van der Waals surface area (Å²) in [4.78, 5) is 38.2. The van der Waals surface area contributed by atoms with E-state index in [2.05, 4.69) is 112 Å². The number of esters is 3. The van der Waals surface area contributed by atoms with Gasteiger partial charge in [0.1, 0.15) is 13.2 Å². The molecule has 0 heterocycles. The molecule has 1 atom stereocenters. The van der Waals surface area contributed by atoms with Crippen molar-refractivity contribution in [2.45, 2.75) is 284 Å². The Kier molecular flexibility index (Phi) is 55.9. The minimum absolute atomic E-state index is 0.107. The lowest BCUT2D eigenvalue weighted by Gasteiger charge is -2.18. The third kappa shape index (κ3) is 57.1. The monoisotopic (exact) mass is 987 g/mol. The first-order valence-corrected chi connectivity index (χ1v) is 29.7. The molecule has 0 saturated carbocycles. The van der Waals surface area contributed by atoms with Crippen LogP contribution < -0.4 is 0 Å². The summed E-state index contributed by atoms with van der Waals surface area (Å²) in [7, 11) is 0. The average molecular weight is 988 g/mol. The van der Waals surface area contributed by atoms with Gasteiger partial charge in [-0.3, -0.25) is 14.4 Å². The first-order chi connectivity index (χ1) is 35.0. The van der Waals surface area contributed by atoms with Crippen molar-refractivity contribution in [1.29, 1.82) is 0 Å². The van der Waals surface area contributed by atoms with E-state index in [1.54, 1.807) is 0 Å². The molecule has 0 aromatic carbocycles. The van der Waals surface area contributed by atoms with Crippen LogP contribution in [0.25, 0.3) is 0 Å². The van der Waals surface area contributed by atoms with Gasteiger partial charge in [-0.15, -0.1) is 0 Å². The van der Waals surface area contributed by atoms with E-state index in [0.29, 0.717) is 19.3 Å². The molecule has 406 valence electrons.